The lowest BCUT2D eigenvalue weighted by atomic mass is 10.2. The van der Waals surface area contributed by atoms with Crippen molar-refractivity contribution < 1.29 is 9.66 Å². The third kappa shape index (κ3) is 2.03. The first-order valence-electron chi connectivity index (χ1n) is 3.41. The first-order chi connectivity index (χ1) is 6.19. The van der Waals surface area contributed by atoms with Crippen molar-refractivity contribution in [3.05, 3.63) is 28.3 Å². The Morgan fingerprint density at radius 2 is 2.31 bits per heavy atom. The minimum atomic E-state index is -0.499. The predicted octanol–water partition coefficient (Wildman–Crippen LogP) is 1.86. The second-order valence-electron chi connectivity index (χ2n) is 2.25. The lowest BCUT2D eigenvalue weighted by Crippen LogP contribution is -1.94. The highest BCUT2D eigenvalue weighted by atomic mass is 32.1. The Morgan fingerprint density at radius 1 is 1.62 bits per heavy atom. The van der Waals surface area contributed by atoms with Crippen molar-refractivity contribution in [2.75, 3.05) is 11.8 Å². The van der Waals surface area contributed by atoms with Crippen LogP contribution in [0.4, 0.5) is 11.4 Å². The maximum atomic E-state index is 10.5. The number of ether oxygens (including phenoxy) is 1. The fourth-order valence-electron chi connectivity index (χ4n) is 0.884. The molecule has 0 aliphatic heterocycles. The van der Waals surface area contributed by atoms with E-state index in [0.29, 0.717) is 11.4 Å². The maximum absolute atomic E-state index is 10.5. The van der Waals surface area contributed by atoms with Crippen LogP contribution in [0.2, 0.25) is 0 Å². The molecule has 0 heterocycles. The molecule has 0 fully saturated rings. The Bertz CT molecular complexity index is 330. The van der Waals surface area contributed by atoms with Crippen molar-refractivity contribution in [2.45, 2.75) is 0 Å². The first kappa shape index (κ1) is 9.66. The Balaban J connectivity index is 3.18. The van der Waals surface area contributed by atoms with E-state index in [0.717, 1.165) is 0 Å². The molecule has 0 bridgehead atoms. The summed E-state index contributed by atoms with van der Waals surface area (Å²) in [6.45, 7) is 0. The van der Waals surface area contributed by atoms with E-state index in [2.05, 4.69) is 17.5 Å². The SMILES string of the molecule is COc1ccc(NS)c([N+](=O)[O-])c1. The molecule has 70 valence electrons. The summed E-state index contributed by atoms with van der Waals surface area (Å²) in [5.74, 6) is 0.444. The van der Waals surface area contributed by atoms with Crippen LogP contribution in [0.5, 0.6) is 5.75 Å². The van der Waals surface area contributed by atoms with Gasteiger partial charge in [-0.3, -0.25) is 10.1 Å². The molecular formula is C7H8N2O3S. The van der Waals surface area contributed by atoms with Gasteiger partial charge in [0.1, 0.15) is 11.4 Å². The number of nitro benzene ring substituents is 1. The molecule has 6 heteroatoms. The first-order valence-corrected chi connectivity index (χ1v) is 3.86. The Morgan fingerprint density at radius 3 is 2.77 bits per heavy atom. The molecule has 0 saturated carbocycles. The lowest BCUT2D eigenvalue weighted by Gasteiger charge is -2.03. The molecule has 0 spiro atoms. The van der Waals surface area contributed by atoms with Crippen LogP contribution in [-0.4, -0.2) is 12.0 Å². The van der Waals surface area contributed by atoms with Crippen molar-refractivity contribution in [1.82, 2.24) is 0 Å². The van der Waals surface area contributed by atoms with Gasteiger partial charge in [-0.2, -0.15) is 0 Å². The van der Waals surface area contributed by atoms with E-state index in [9.17, 15) is 10.1 Å². The van der Waals surface area contributed by atoms with Crippen molar-refractivity contribution in [3.63, 3.8) is 0 Å². The normalized spacial score (nSPS) is 9.38. The largest absolute Gasteiger partial charge is 0.496 e. The minimum Gasteiger partial charge on any atom is -0.496 e. The van der Waals surface area contributed by atoms with Gasteiger partial charge in [0, 0.05) is 0 Å². The average molecular weight is 200 g/mol. The number of thiol groups is 1. The van der Waals surface area contributed by atoms with Gasteiger partial charge in [0.05, 0.1) is 18.1 Å². The van der Waals surface area contributed by atoms with E-state index in [1.807, 2.05) is 0 Å². The lowest BCUT2D eigenvalue weighted by molar-refractivity contribution is -0.383. The average Bonchev–Trinajstić information content (AvgIpc) is 2.16. The van der Waals surface area contributed by atoms with Crippen LogP contribution < -0.4 is 9.46 Å². The number of benzene rings is 1. The summed E-state index contributed by atoms with van der Waals surface area (Å²) < 4.78 is 7.27. The van der Waals surface area contributed by atoms with Crippen LogP contribution in [0.15, 0.2) is 18.2 Å². The number of nitrogens with one attached hydrogen (secondary N) is 1. The topological polar surface area (TPSA) is 64.4 Å². The van der Waals surface area contributed by atoms with E-state index in [1.165, 1.54) is 19.2 Å². The molecule has 0 aromatic heterocycles. The maximum Gasteiger partial charge on any atom is 0.296 e. The predicted molar refractivity (Wildman–Crippen MR) is 52.3 cm³/mol. The molecular weight excluding hydrogens is 192 g/mol. The van der Waals surface area contributed by atoms with Crippen LogP contribution in [0.1, 0.15) is 0 Å². The van der Waals surface area contributed by atoms with Gasteiger partial charge in [-0.15, -0.1) is 0 Å². The minimum absolute atomic E-state index is 0.0608. The van der Waals surface area contributed by atoms with E-state index in [4.69, 9.17) is 4.74 Å². The van der Waals surface area contributed by atoms with Gasteiger partial charge in [-0.25, -0.2) is 0 Å². The number of methoxy groups -OCH3 is 1. The van der Waals surface area contributed by atoms with Crippen molar-refractivity contribution >= 4 is 24.2 Å². The third-order valence-corrected chi connectivity index (χ3v) is 1.76. The summed E-state index contributed by atoms with van der Waals surface area (Å²) >= 11 is 3.74. The third-order valence-electron chi connectivity index (χ3n) is 1.52. The number of nitro groups is 1. The Kier molecular flexibility index (Phi) is 2.97. The van der Waals surface area contributed by atoms with Gasteiger partial charge in [-0.05, 0) is 12.1 Å². The van der Waals surface area contributed by atoms with Gasteiger partial charge in [0.25, 0.3) is 5.69 Å². The quantitative estimate of drug-likeness (QED) is 0.444. The van der Waals surface area contributed by atoms with Gasteiger partial charge < -0.3 is 9.46 Å². The van der Waals surface area contributed by atoms with Crippen molar-refractivity contribution in [1.29, 1.82) is 0 Å². The zero-order chi connectivity index (χ0) is 9.84. The summed E-state index contributed by atoms with van der Waals surface area (Å²) in [5.41, 5.74) is 0.281. The molecule has 0 unspecified atom stereocenters. The molecule has 1 N–H and O–H groups in total. The summed E-state index contributed by atoms with van der Waals surface area (Å²) in [6, 6.07) is 4.48. The van der Waals surface area contributed by atoms with Gasteiger partial charge in [0.2, 0.25) is 0 Å². The molecule has 0 aliphatic rings. The van der Waals surface area contributed by atoms with Crippen LogP contribution >= 0.6 is 12.8 Å². The van der Waals surface area contributed by atoms with E-state index in [-0.39, 0.29) is 5.69 Å². The van der Waals surface area contributed by atoms with Crippen LogP contribution in [0.3, 0.4) is 0 Å². The monoisotopic (exact) mass is 200 g/mol. The molecule has 1 aromatic rings. The highest BCUT2D eigenvalue weighted by Gasteiger charge is 2.13. The van der Waals surface area contributed by atoms with Crippen molar-refractivity contribution in [3.8, 4) is 5.75 Å². The zero-order valence-electron chi connectivity index (χ0n) is 6.85. The second-order valence-corrected chi connectivity index (χ2v) is 2.48. The Hall–Kier alpha value is -1.43. The zero-order valence-corrected chi connectivity index (χ0v) is 7.75. The van der Waals surface area contributed by atoms with Gasteiger partial charge in [-0.1, -0.05) is 12.8 Å². The molecule has 0 aliphatic carbocycles. The van der Waals surface area contributed by atoms with Crippen LogP contribution in [0.25, 0.3) is 0 Å². The number of hydrogen-bond donors (Lipinski definition) is 2. The highest BCUT2D eigenvalue weighted by Crippen LogP contribution is 2.28. The number of nitrogens with zero attached hydrogens (tertiary/aromatic N) is 1. The summed E-state index contributed by atoms with van der Waals surface area (Å²) in [6.07, 6.45) is 0. The number of rotatable bonds is 3. The summed E-state index contributed by atoms with van der Waals surface area (Å²) in [7, 11) is 1.45. The van der Waals surface area contributed by atoms with Gasteiger partial charge in [0.15, 0.2) is 0 Å². The fourth-order valence-corrected chi connectivity index (χ4v) is 1.07. The molecule has 1 aromatic carbocycles. The smallest absolute Gasteiger partial charge is 0.296 e. The number of anilines is 1. The van der Waals surface area contributed by atoms with E-state index < -0.39 is 4.92 Å². The van der Waals surface area contributed by atoms with Gasteiger partial charge >= 0.3 is 0 Å². The highest BCUT2D eigenvalue weighted by molar-refractivity contribution is 7.81. The summed E-state index contributed by atoms with van der Waals surface area (Å²) in [4.78, 5) is 10.0. The summed E-state index contributed by atoms with van der Waals surface area (Å²) in [5, 5.41) is 10.5. The number of hydrogen-bond acceptors (Lipinski definition) is 5. The second kappa shape index (κ2) is 3.99. The molecule has 13 heavy (non-hydrogen) atoms. The molecule has 1 rings (SSSR count). The molecule has 0 amide bonds. The Labute approximate surface area is 80.4 Å². The molecule has 0 saturated heterocycles. The van der Waals surface area contributed by atoms with E-state index in [1.54, 1.807) is 6.07 Å². The molecule has 5 nitrogen and oxygen atoms in total. The molecule has 0 atom stereocenters. The van der Waals surface area contributed by atoms with Crippen molar-refractivity contribution in [2.24, 2.45) is 0 Å². The van der Waals surface area contributed by atoms with Crippen LogP contribution in [-0.2, 0) is 0 Å². The van der Waals surface area contributed by atoms with E-state index >= 15 is 0 Å². The molecule has 0 radical (unpaired) electrons. The fraction of sp³-hybridized carbons (Fsp3) is 0.143. The van der Waals surface area contributed by atoms with Crippen LogP contribution in [0, 0.1) is 10.1 Å². The standard InChI is InChI=1S/C7H8N2O3S/c1-12-5-2-3-6(8-13)7(4-5)9(10)11/h2-4,8,13H,1H3.